The fourth-order valence-corrected chi connectivity index (χ4v) is 4.93. The number of carbonyl (C=O) groups excluding carboxylic acids is 2. The molecule has 0 aromatic heterocycles. The number of hydrogen-bond acceptors (Lipinski definition) is 4. The van der Waals surface area contributed by atoms with Crippen molar-refractivity contribution < 1.29 is 24.2 Å². The summed E-state index contributed by atoms with van der Waals surface area (Å²) in [6.45, 7) is 5.72. The average Bonchev–Trinajstić information content (AvgIpc) is 3.25. The molecule has 2 aromatic carbocycles. The fraction of sp³-hybridized carbons (Fsp3) is 0.400. The van der Waals surface area contributed by atoms with Gasteiger partial charge in [-0.05, 0) is 41.0 Å². The molecule has 1 fully saturated rings. The summed E-state index contributed by atoms with van der Waals surface area (Å²) >= 11 is 0. The Labute approximate surface area is 187 Å². The molecule has 2 aromatic rings. The number of ether oxygens (including phenoxy) is 1. The number of aliphatic carboxylic acids is 1. The fourth-order valence-electron chi connectivity index (χ4n) is 4.93. The number of carboxylic acids is 1. The molecule has 32 heavy (non-hydrogen) atoms. The minimum atomic E-state index is -1.03. The van der Waals surface area contributed by atoms with Gasteiger partial charge in [0.25, 0.3) is 0 Å². The normalized spacial score (nSPS) is 19.7. The Morgan fingerprint density at radius 1 is 1.09 bits per heavy atom. The predicted molar refractivity (Wildman–Crippen MR) is 119 cm³/mol. The van der Waals surface area contributed by atoms with E-state index >= 15 is 0 Å². The van der Waals surface area contributed by atoms with Crippen molar-refractivity contribution in [2.24, 2.45) is 5.41 Å². The monoisotopic (exact) mass is 436 g/mol. The Hall–Kier alpha value is -3.35. The molecule has 2 aliphatic rings. The van der Waals surface area contributed by atoms with Crippen molar-refractivity contribution in [1.29, 1.82) is 0 Å². The summed E-state index contributed by atoms with van der Waals surface area (Å²) in [5, 5.41) is 12.2. The van der Waals surface area contributed by atoms with E-state index in [9.17, 15) is 19.5 Å². The summed E-state index contributed by atoms with van der Waals surface area (Å²) in [6, 6.07) is 14.3. The topological polar surface area (TPSA) is 95.9 Å². The molecule has 0 radical (unpaired) electrons. The van der Waals surface area contributed by atoms with Crippen molar-refractivity contribution in [2.75, 3.05) is 13.2 Å². The second-order valence-corrected chi connectivity index (χ2v) is 9.20. The number of amides is 2. The van der Waals surface area contributed by atoms with Crippen LogP contribution < -0.4 is 5.32 Å². The van der Waals surface area contributed by atoms with Crippen LogP contribution in [0, 0.1) is 5.41 Å². The molecule has 4 rings (SSSR count). The van der Waals surface area contributed by atoms with Gasteiger partial charge in [-0.15, -0.1) is 0 Å². The third-order valence-corrected chi connectivity index (χ3v) is 6.61. The van der Waals surface area contributed by atoms with Crippen molar-refractivity contribution >= 4 is 18.0 Å². The van der Waals surface area contributed by atoms with Crippen molar-refractivity contribution in [1.82, 2.24) is 10.2 Å². The highest BCUT2D eigenvalue weighted by Gasteiger charge is 2.48. The van der Waals surface area contributed by atoms with Gasteiger partial charge in [0.1, 0.15) is 18.7 Å². The molecule has 1 aliphatic heterocycles. The lowest BCUT2D eigenvalue weighted by Gasteiger charge is -2.30. The van der Waals surface area contributed by atoms with Gasteiger partial charge in [0, 0.05) is 12.5 Å². The van der Waals surface area contributed by atoms with E-state index in [0.29, 0.717) is 13.0 Å². The van der Waals surface area contributed by atoms with Gasteiger partial charge in [-0.2, -0.15) is 0 Å². The molecule has 1 saturated heterocycles. The van der Waals surface area contributed by atoms with Gasteiger partial charge in [0.2, 0.25) is 5.91 Å². The van der Waals surface area contributed by atoms with Gasteiger partial charge in [0.15, 0.2) is 0 Å². The van der Waals surface area contributed by atoms with Crippen LogP contribution in [0.1, 0.15) is 44.2 Å². The summed E-state index contributed by atoms with van der Waals surface area (Å²) in [5.74, 6) is -1.53. The number of alkyl carbamates (subject to hydrolysis) is 1. The molecule has 1 aliphatic carbocycles. The number of fused-ring (bicyclic) bond motifs is 3. The first-order chi connectivity index (χ1) is 15.2. The SMILES string of the molecule is CC(NC(=O)OCC1c2ccccc2-c2ccccc21)C(=O)N1CCC(C)(C)C1C(=O)O. The molecular formula is C25H28N2O5. The molecule has 2 N–H and O–H groups in total. The van der Waals surface area contributed by atoms with Crippen LogP contribution in [0.25, 0.3) is 11.1 Å². The highest BCUT2D eigenvalue weighted by molar-refractivity contribution is 5.90. The van der Waals surface area contributed by atoms with Crippen molar-refractivity contribution in [3.8, 4) is 11.1 Å². The van der Waals surface area contributed by atoms with E-state index in [0.717, 1.165) is 22.3 Å². The zero-order valence-electron chi connectivity index (χ0n) is 18.5. The van der Waals surface area contributed by atoms with Gasteiger partial charge < -0.3 is 20.1 Å². The molecule has 7 heteroatoms. The van der Waals surface area contributed by atoms with Crippen LogP contribution in [-0.2, 0) is 14.3 Å². The maximum absolute atomic E-state index is 12.9. The molecule has 2 unspecified atom stereocenters. The lowest BCUT2D eigenvalue weighted by atomic mass is 9.85. The second-order valence-electron chi connectivity index (χ2n) is 9.20. The summed E-state index contributed by atoms with van der Waals surface area (Å²) in [6.07, 6.45) is -0.106. The van der Waals surface area contributed by atoms with Crippen LogP contribution >= 0.6 is 0 Å². The lowest BCUT2D eigenvalue weighted by Crippen LogP contribution is -2.53. The average molecular weight is 437 g/mol. The van der Waals surface area contributed by atoms with Crippen LogP contribution in [0.5, 0.6) is 0 Å². The Balaban J connectivity index is 1.39. The van der Waals surface area contributed by atoms with E-state index in [1.807, 2.05) is 50.2 Å². The number of hydrogen-bond donors (Lipinski definition) is 2. The zero-order valence-corrected chi connectivity index (χ0v) is 18.5. The van der Waals surface area contributed by atoms with Crippen LogP contribution in [0.3, 0.4) is 0 Å². The Morgan fingerprint density at radius 3 is 2.22 bits per heavy atom. The highest BCUT2D eigenvalue weighted by atomic mass is 16.5. The first-order valence-electron chi connectivity index (χ1n) is 10.9. The number of carbonyl (C=O) groups is 3. The minimum absolute atomic E-state index is 0.0741. The maximum Gasteiger partial charge on any atom is 0.407 e. The third kappa shape index (κ3) is 3.83. The Morgan fingerprint density at radius 2 is 1.66 bits per heavy atom. The minimum Gasteiger partial charge on any atom is -0.480 e. The van der Waals surface area contributed by atoms with Crippen LogP contribution in [0.4, 0.5) is 4.79 Å². The van der Waals surface area contributed by atoms with E-state index in [1.165, 1.54) is 4.90 Å². The number of nitrogens with one attached hydrogen (secondary N) is 1. The highest BCUT2D eigenvalue weighted by Crippen LogP contribution is 2.44. The molecule has 2 atom stereocenters. The molecular weight excluding hydrogens is 408 g/mol. The maximum atomic E-state index is 12.9. The quantitative estimate of drug-likeness (QED) is 0.746. The van der Waals surface area contributed by atoms with Gasteiger partial charge in [-0.1, -0.05) is 62.4 Å². The molecule has 168 valence electrons. The third-order valence-electron chi connectivity index (χ3n) is 6.61. The van der Waals surface area contributed by atoms with E-state index < -0.39 is 35.5 Å². The van der Waals surface area contributed by atoms with E-state index in [4.69, 9.17) is 4.74 Å². The standard InChI is InChI=1S/C25H28N2O5/c1-15(22(28)27-13-12-25(2,3)21(27)23(29)30)26-24(31)32-14-20-18-10-6-4-8-16(18)17-9-5-7-11-19(17)20/h4-11,15,20-21H,12-14H2,1-3H3,(H,26,31)(H,29,30). The molecule has 1 heterocycles. The zero-order chi connectivity index (χ0) is 23.0. The summed E-state index contributed by atoms with van der Waals surface area (Å²) in [4.78, 5) is 38.4. The summed E-state index contributed by atoms with van der Waals surface area (Å²) in [7, 11) is 0. The number of nitrogens with zero attached hydrogens (tertiary/aromatic N) is 1. The van der Waals surface area contributed by atoms with Gasteiger partial charge in [-0.25, -0.2) is 9.59 Å². The van der Waals surface area contributed by atoms with Crippen molar-refractivity contribution in [3.63, 3.8) is 0 Å². The lowest BCUT2D eigenvalue weighted by molar-refractivity contribution is -0.151. The van der Waals surface area contributed by atoms with Crippen LogP contribution in [0.2, 0.25) is 0 Å². The predicted octanol–water partition coefficient (Wildman–Crippen LogP) is 3.63. The van der Waals surface area contributed by atoms with Crippen molar-refractivity contribution in [2.45, 2.75) is 45.2 Å². The number of likely N-dealkylation sites (tertiary alicyclic amines) is 1. The van der Waals surface area contributed by atoms with Gasteiger partial charge in [-0.3, -0.25) is 4.79 Å². The Bertz CT molecular complexity index is 1020. The van der Waals surface area contributed by atoms with E-state index in [2.05, 4.69) is 17.4 Å². The van der Waals surface area contributed by atoms with Gasteiger partial charge in [0.05, 0.1) is 0 Å². The molecule has 0 spiro atoms. The Kier molecular flexibility index (Phi) is 5.67. The van der Waals surface area contributed by atoms with Crippen LogP contribution in [0.15, 0.2) is 48.5 Å². The molecule has 7 nitrogen and oxygen atoms in total. The largest absolute Gasteiger partial charge is 0.480 e. The van der Waals surface area contributed by atoms with Gasteiger partial charge >= 0.3 is 12.1 Å². The molecule has 2 amide bonds. The smallest absolute Gasteiger partial charge is 0.407 e. The molecule has 0 saturated carbocycles. The van der Waals surface area contributed by atoms with Crippen LogP contribution in [-0.4, -0.2) is 53.2 Å². The second kappa shape index (κ2) is 8.30. The van der Waals surface area contributed by atoms with E-state index in [1.54, 1.807) is 6.92 Å². The van der Waals surface area contributed by atoms with E-state index in [-0.39, 0.29) is 12.5 Å². The number of carboxylic acid groups (broad SMARTS) is 1. The summed E-state index contributed by atoms with van der Waals surface area (Å²) < 4.78 is 5.50. The number of rotatable bonds is 5. The van der Waals surface area contributed by atoms with Crippen molar-refractivity contribution in [3.05, 3.63) is 59.7 Å². The molecule has 0 bridgehead atoms. The summed E-state index contributed by atoms with van der Waals surface area (Å²) in [5.41, 5.74) is 3.96. The number of benzene rings is 2. The first kappa shape index (κ1) is 21.9. The first-order valence-corrected chi connectivity index (χ1v) is 10.9.